The first kappa shape index (κ1) is 12.3. The molecule has 1 heterocycles. The van der Waals surface area contributed by atoms with Crippen molar-refractivity contribution < 1.29 is 9.53 Å². The van der Waals surface area contributed by atoms with Crippen molar-refractivity contribution in [2.45, 2.75) is 6.92 Å². The molecule has 2 nitrogen and oxygen atoms in total. The van der Waals surface area contributed by atoms with Crippen LogP contribution in [0.5, 0.6) is 0 Å². The number of ether oxygens (including phenoxy) is 1. The quantitative estimate of drug-likeness (QED) is 0.534. The Balaban J connectivity index is 1.99. The molecule has 2 heteroatoms. The van der Waals surface area contributed by atoms with Gasteiger partial charge in [0.05, 0.1) is 5.56 Å². The summed E-state index contributed by atoms with van der Waals surface area (Å²) in [6, 6.07) is 15.3. The maximum atomic E-state index is 11.6. The molecule has 0 radical (unpaired) electrons. The third-order valence-electron chi connectivity index (χ3n) is 3.09. The summed E-state index contributed by atoms with van der Waals surface area (Å²) < 4.78 is 5.17. The minimum Gasteiger partial charge on any atom is -0.423 e. The molecule has 0 aliphatic carbocycles. The van der Waals surface area contributed by atoms with Gasteiger partial charge in [0.25, 0.3) is 0 Å². The Morgan fingerprint density at radius 3 is 2.45 bits per heavy atom. The Morgan fingerprint density at radius 1 is 0.950 bits per heavy atom. The number of allylic oxidation sites excluding steroid dienone is 1. The van der Waals surface area contributed by atoms with Crippen LogP contribution in [0.15, 0.2) is 54.6 Å². The Hall–Kier alpha value is -2.79. The first-order chi connectivity index (χ1) is 9.78. The van der Waals surface area contributed by atoms with Gasteiger partial charge in [-0.15, -0.1) is 0 Å². The van der Waals surface area contributed by atoms with Gasteiger partial charge in [-0.2, -0.15) is 0 Å². The summed E-state index contributed by atoms with van der Waals surface area (Å²) in [6.07, 6.45) is 1.79. The van der Waals surface area contributed by atoms with Crippen molar-refractivity contribution in [1.82, 2.24) is 0 Å². The highest BCUT2D eigenvalue weighted by Crippen LogP contribution is 2.30. The highest BCUT2D eigenvalue weighted by atomic mass is 16.5. The second kappa shape index (κ2) is 5.07. The number of rotatable bonds is 0. The van der Waals surface area contributed by atoms with E-state index in [1.54, 1.807) is 12.1 Å². The van der Waals surface area contributed by atoms with E-state index in [2.05, 4.69) is 11.8 Å². The molecular weight excluding hydrogens is 248 g/mol. The molecule has 1 aliphatic rings. The highest BCUT2D eigenvalue weighted by Gasteiger charge is 2.25. The minimum atomic E-state index is -0.296. The van der Waals surface area contributed by atoms with Crippen molar-refractivity contribution in [2.24, 2.45) is 0 Å². The molecule has 20 heavy (non-hydrogen) atoms. The van der Waals surface area contributed by atoms with Crippen LogP contribution in [-0.2, 0) is 4.74 Å². The predicted octanol–water partition coefficient (Wildman–Crippen LogP) is 3.62. The van der Waals surface area contributed by atoms with Gasteiger partial charge in [-0.1, -0.05) is 30.0 Å². The second-order valence-corrected chi connectivity index (χ2v) is 4.42. The zero-order valence-electron chi connectivity index (χ0n) is 11.0. The smallest absolute Gasteiger partial charge is 0.344 e. The van der Waals surface area contributed by atoms with E-state index < -0.39 is 0 Å². The van der Waals surface area contributed by atoms with Gasteiger partial charge in [-0.3, -0.25) is 0 Å². The number of esters is 1. The van der Waals surface area contributed by atoms with Crippen LogP contribution >= 0.6 is 0 Å². The molecule has 0 spiro atoms. The molecule has 0 saturated heterocycles. The Morgan fingerprint density at radius 2 is 1.70 bits per heavy atom. The van der Waals surface area contributed by atoms with E-state index in [1.807, 2.05) is 49.4 Å². The average molecular weight is 260 g/mol. The number of carbonyl (C=O) groups excluding carboxylic acids is 1. The van der Waals surface area contributed by atoms with Crippen LogP contribution in [0.1, 0.15) is 34.0 Å². The Bertz CT molecular complexity index is 759. The molecule has 0 saturated carbocycles. The summed E-state index contributed by atoms with van der Waals surface area (Å²) in [4.78, 5) is 11.6. The second-order valence-electron chi connectivity index (χ2n) is 4.42. The number of hydrogen-bond donors (Lipinski definition) is 0. The van der Waals surface area contributed by atoms with Crippen LogP contribution < -0.4 is 0 Å². The predicted molar refractivity (Wildman–Crippen MR) is 77.9 cm³/mol. The number of carbonyl (C=O) groups is 1. The van der Waals surface area contributed by atoms with Crippen LogP contribution in [0, 0.1) is 11.8 Å². The highest BCUT2D eigenvalue weighted by molar-refractivity contribution is 6.03. The zero-order chi connectivity index (χ0) is 13.9. The SMILES string of the molecule is C/C=C1/OC(=O)c2ccc(C#Cc3ccccc3)cc21. The van der Waals surface area contributed by atoms with Gasteiger partial charge in [0.15, 0.2) is 0 Å². The summed E-state index contributed by atoms with van der Waals surface area (Å²) in [7, 11) is 0. The van der Waals surface area contributed by atoms with E-state index in [0.717, 1.165) is 16.7 Å². The summed E-state index contributed by atoms with van der Waals surface area (Å²) >= 11 is 0. The van der Waals surface area contributed by atoms with Gasteiger partial charge in [-0.05, 0) is 43.3 Å². The van der Waals surface area contributed by atoms with Gasteiger partial charge >= 0.3 is 5.97 Å². The van der Waals surface area contributed by atoms with Crippen molar-refractivity contribution in [3.63, 3.8) is 0 Å². The number of cyclic esters (lactones) is 1. The first-order valence-electron chi connectivity index (χ1n) is 6.38. The van der Waals surface area contributed by atoms with Crippen LogP contribution in [0.4, 0.5) is 0 Å². The van der Waals surface area contributed by atoms with Crippen molar-refractivity contribution in [3.8, 4) is 11.8 Å². The molecule has 2 aromatic carbocycles. The van der Waals surface area contributed by atoms with E-state index in [0.29, 0.717) is 11.3 Å². The lowest BCUT2D eigenvalue weighted by molar-refractivity contribution is 0.0715. The lowest BCUT2D eigenvalue weighted by Crippen LogP contribution is -1.92. The molecule has 0 aromatic heterocycles. The molecule has 3 rings (SSSR count). The first-order valence-corrected chi connectivity index (χ1v) is 6.38. The molecule has 0 amide bonds. The lowest BCUT2D eigenvalue weighted by atomic mass is 10.0. The molecule has 96 valence electrons. The molecular formula is C18H12O2. The van der Waals surface area contributed by atoms with Crippen LogP contribution in [0.3, 0.4) is 0 Å². The molecule has 0 fully saturated rings. The maximum absolute atomic E-state index is 11.6. The molecule has 0 bridgehead atoms. The molecule has 1 aliphatic heterocycles. The number of benzene rings is 2. The van der Waals surface area contributed by atoms with E-state index in [1.165, 1.54) is 0 Å². The van der Waals surface area contributed by atoms with Gasteiger partial charge in [-0.25, -0.2) is 4.79 Å². The number of fused-ring (bicyclic) bond motifs is 1. The molecule has 0 atom stereocenters. The van der Waals surface area contributed by atoms with E-state index in [9.17, 15) is 4.79 Å². The van der Waals surface area contributed by atoms with Crippen molar-refractivity contribution in [1.29, 1.82) is 0 Å². The Kier molecular flexibility index (Phi) is 3.10. The fourth-order valence-corrected chi connectivity index (χ4v) is 2.09. The zero-order valence-corrected chi connectivity index (χ0v) is 11.0. The van der Waals surface area contributed by atoms with Crippen LogP contribution in [-0.4, -0.2) is 5.97 Å². The third-order valence-corrected chi connectivity index (χ3v) is 3.09. The van der Waals surface area contributed by atoms with E-state index in [-0.39, 0.29) is 5.97 Å². The molecule has 0 unspecified atom stereocenters. The summed E-state index contributed by atoms with van der Waals surface area (Å²) in [5.74, 6) is 6.52. The van der Waals surface area contributed by atoms with E-state index >= 15 is 0 Å². The summed E-state index contributed by atoms with van der Waals surface area (Å²) in [5.41, 5.74) is 3.25. The largest absolute Gasteiger partial charge is 0.423 e. The van der Waals surface area contributed by atoms with Crippen LogP contribution in [0.2, 0.25) is 0 Å². The fourth-order valence-electron chi connectivity index (χ4n) is 2.09. The Labute approximate surface area is 117 Å². The monoisotopic (exact) mass is 260 g/mol. The van der Waals surface area contributed by atoms with E-state index in [4.69, 9.17) is 4.74 Å². The van der Waals surface area contributed by atoms with Gasteiger partial charge in [0.2, 0.25) is 0 Å². The van der Waals surface area contributed by atoms with Crippen molar-refractivity contribution in [3.05, 3.63) is 76.9 Å². The molecule has 0 N–H and O–H groups in total. The maximum Gasteiger partial charge on any atom is 0.344 e. The summed E-state index contributed by atoms with van der Waals surface area (Å²) in [6.45, 7) is 1.85. The van der Waals surface area contributed by atoms with Gasteiger partial charge in [0.1, 0.15) is 5.76 Å². The minimum absolute atomic E-state index is 0.296. The third kappa shape index (κ3) is 2.22. The van der Waals surface area contributed by atoms with Crippen LogP contribution in [0.25, 0.3) is 5.76 Å². The standard InChI is InChI=1S/C18H12O2/c1-2-17-16-12-14(10-11-15(16)18(19)20-17)9-8-13-6-4-3-5-7-13/h2-7,10-12H,1H3/b17-2+. The average Bonchev–Trinajstić information content (AvgIpc) is 2.82. The number of hydrogen-bond acceptors (Lipinski definition) is 2. The summed E-state index contributed by atoms with van der Waals surface area (Å²) in [5, 5.41) is 0. The van der Waals surface area contributed by atoms with Gasteiger partial charge in [0, 0.05) is 16.7 Å². The topological polar surface area (TPSA) is 26.3 Å². The van der Waals surface area contributed by atoms with Crippen molar-refractivity contribution >= 4 is 11.7 Å². The fraction of sp³-hybridized carbons (Fsp3) is 0.0556. The lowest BCUT2D eigenvalue weighted by Gasteiger charge is -1.97. The normalized spacial score (nSPS) is 14.4. The van der Waals surface area contributed by atoms with Gasteiger partial charge < -0.3 is 4.74 Å². The molecule has 2 aromatic rings. The van der Waals surface area contributed by atoms with Crippen molar-refractivity contribution in [2.75, 3.05) is 0 Å².